The van der Waals surface area contributed by atoms with E-state index in [1.807, 2.05) is 24.3 Å². The maximum absolute atomic E-state index is 13.2. The number of benzene rings is 1. The summed E-state index contributed by atoms with van der Waals surface area (Å²) in [5.41, 5.74) is 1.45. The van der Waals surface area contributed by atoms with Gasteiger partial charge in [-0.2, -0.15) is 0 Å². The molecule has 3 fully saturated rings. The first-order chi connectivity index (χ1) is 12.8. The summed E-state index contributed by atoms with van der Waals surface area (Å²) in [7, 11) is 1.61. The molecule has 1 aliphatic heterocycles. The molecule has 2 bridgehead atoms. The van der Waals surface area contributed by atoms with Crippen LogP contribution in [0.5, 0.6) is 5.75 Å². The fourth-order valence-corrected chi connectivity index (χ4v) is 5.30. The summed E-state index contributed by atoms with van der Waals surface area (Å²) in [5, 5.41) is 3.17. The van der Waals surface area contributed by atoms with E-state index in [1.165, 1.54) is 0 Å². The molecule has 3 atom stereocenters. The Morgan fingerprint density at radius 2 is 2.15 bits per heavy atom. The molecule has 4 rings (SSSR count). The summed E-state index contributed by atoms with van der Waals surface area (Å²) in [6.45, 7) is 9.21. The highest BCUT2D eigenvalue weighted by molar-refractivity contribution is 5.97. The van der Waals surface area contributed by atoms with Crippen LogP contribution in [0.25, 0.3) is 0 Å². The molecular weight excluding hydrogens is 340 g/mol. The molecule has 0 spiro atoms. The van der Waals surface area contributed by atoms with Gasteiger partial charge in [-0.25, -0.2) is 0 Å². The Balaban J connectivity index is 1.47. The highest BCUT2D eigenvalue weighted by Gasteiger charge is 2.61. The number of rotatable bonds is 4. The number of nitrogens with one attached hydrogen (secondary N) is 1. The first-order valence-electron chi connectivity index (χ1n) is 9.73. The van der Waals surface area contributed by atoms with E-state index < -0.39 is 5.41 Å². The Labute approximate surface area is 160 Å². The topological polar surface area (TPSA) is 58.6 Å². The van der Waals surface area contributed by atoms with Gasteiger partial charge in [0.05, 0.1) is 18.6 Å². The van der Waals surface area contributed by atoms with Gasteiger partial charge in [0.15, 0.2) is 0 Å². The Bertz CT molecular complexity index is 816. The average molecular weight is 368 g/mol. The lowest BCUT2D eigenvalue weighted by Crippen LogP contribution is -2.46. The molecule has 27 heavy (non-hydrogen) atoms. The number of hydrogen-bond donors (Lipinski definition) is 1. The quantitative estimate of drug-likeness (QED) is 0.830. The highest BCUT2D eigenvalue weighted by Crippen LogP contribution is 2.65. The Hall–Kier alpha value is -2.30. The van der Waals surface area contributed by atoms with Gasteiger partial charge in [0.25, 0.3) is 0 Å². The van der Waals surface area contributed by atoms with Crippen LogP contribution in [-0.2, 0) is 9.59 Å². The summed E-state index contributed by atoms with van der Waals surface area (Å²) < 4.78 is 5.25. The van der Waals surface area contributed by atoms with Crippen molar-refractivity contribution in [3.05, 3.63) is 36.4 Å². The molecule has 1 N–H and O–H groups in total. The molecular formula is C22H28N2O3. The van der Waals surface area contributed by atoms with Gasteiger partial charge in [0.2, 0.25) is 11.8 Å². The molecule has 0 aromatic heterocycles. The van der Waals surface area contributed by atoms with Crippen molar-refractivity contribution in [2.45, 2.75) is 45.6 Å². The zero-order valence-electron chi connectivity index (χ0n) is 16.4. The number of ether oxygens (including phenoxy) is 1. The summed E-state index contributed by atoms with van der Waals surface area (Å²) in [6, 6.07) is 7.30. The largest absolute Gasteiger partial charge is 0.497 e. The molecule has 3 aliphatic rings. The van der Waals surface area contributed by atoms with Crippen molar-refractivity contribution >= 4 is 17.5 Å². The summed E-state index contributed by atoms with van der Waals surface area (Å²) >= 11 is 0. The number of nitrogens with zero attached hydrogens (tertiary/aromatic N) is 1. The van der Waals surface area contributed by atoms with Crippen molar-refractivity contribution in [2.24, 2.45) is 16.7 Å². The van der Waals surface area contributed by atoms with Crippen molar-refractivity contribution in [3.63, 3.8) is 0 Å². The predicted molar refractivity (Wildman–Crippen MR) is 105 cm³/mol. The smallest absolute Gasteiger partial charge is 0.230 e. The van der Waals surface area contributed by atoms with Crippen LogP contribution in [0, 0.1) is 16.7 Å². The Morgan fingerprint density at radius 1 is 1.37 bits per heavy atom. The normalized spacial score (nSPS) is 31.4. The van der Waals surface area contributed by atoms with Gasteiger partial charge in [-0.3, -0.25) is 9.59 Å². The summed E-state index contributed by atoms with van der Waals surface area (Å²) in [6.07, 6.45) is 3.19. The van der Waals surface area contributed by atoms with Gasteiger partial charge in [-0.1, -0.05) is 32.1 Å². The van der Waals surface area contributed by atoms with E-state index in [0.29, 0.717) is 24.6 Å². The third-order valence-corrected chi connectivity index (χ3v) is 7.15. The fourth-order valence-electron chi connectivity index (χ4n) is 5.30. The van der Waals surface area contributed by atoms with Crippen LogP contribution in [0.3, 0.4) is 0 Å². The van der Waals surface area contributed by atoms with Gasteiger partial charge in [0.1, 0.15) is 5.75 Å². The standard InChI is InChI=1S/C22H28N2O3/c1-14-21(2,3)15-8-9-22(14,12-15)20(26)23-16-10-19(25)24(13-16)17-6-5-7-18(11-17)27-4/h5-7,11,15-16H,1,8-10,12-13H2,2-4H3,(H,23,26). The molecule has 3 unspecified atom stereocenters. The van der Waals surface area contributed by atoms with Crippen molar-refractivity contribution < 1.29 is 14.3 Å². The second-order valence-electron chi connectivity index (χ2n) is 8.80. The molecule has 5 heteroatoms. The minimum Gasteiger partial charge on any atom is -0.497 e. The number of fused-ring (bicyclic) bond motifs is 2. The lowest BCUT2D eigenvalue weighted by molar-refractivity contribution is -0.129. The van der Waals surface area contributed by atoms with Gasteiger partial charge < -0.3 is 15.0 Å². The Morgan fingerprint density at radius 3 is 2.81 bits per heavy atom. The molecule has 1 saturated heterocycles. The molecule has 1 aromatic rings. The van der Waals surface area contributed by atoms with Gasteiger partial charge in [-0.05, 0) is 42.7 Å². The van der Waals surface area contributed by atoms with Crippen LogP contribution in [-0.4, -0.2) is 31.5 Å². The van der Waals surface area contributed by atoms with E-state index >= 15 is 0 Å². The second kappa shape index (κ2) is 6.11. The SMILES string of the molecule is C=C1C2(C(=O)NC3CC(=O)N(c4cccc(OC)c4)C3)CCC(C2)C1(C)C. The van der Waals surface area contributed by atoms with E-state index in [1.54, 1.807) is 12.0 Å². The zero-order valence-corrected chi connectivity index (χ0v) is 16.4. The van der Waals surface area contributed by atoms with Crippen LogP contribution < -0.4 is 15.0 Å². The van der Waals surface area contributed by atoms with Crippen molar-refractivity contribution in [3.8, 4) is 5.75 Å². The van der Waals surface area contributed by atoms with E-state index in [2.05, 4.69) is 25.7 Å². The van der Waals surface area contributed by atoms with E-state index in [4.69, 9.17) is 4.74 Å². The fraction of sp³-hybridized carbons (Fsp3) is 0.545. The third-order valence-electron chi connectivity index (χ3n) is 7.15. The second-order valence-corrected chi connectivity index (χ2v) is 8.80. The van der Waals surface area contributed by atoms with Crippen molar-refractivity contribution in [1.29, 1.82) is 0 Å². The van der Waals surface area contributed by atoms with Gasteiger partial charge in [0, 0.05) is 24.7 Å². The lowest BCUT2D eigenvalue weighted by Gasteiger charge is -2.37. The molecule has 2 amide bonds. The van der Waals surface area contributed by atoms with Gasteiger partial charge in [-0.15, -0.1) is 0 Å². The van der Waals surface area contributed by atoms with Crippen LogP contribution in [0.2, 0.25) is 0 Å². The van der Waals surface area contributed by atoms with Crippen LogP contribution in [0.4, 0.5) is 5.69 Å². The van der Waals surface area contributed by atoms with Crippen LogP contribution >= 0.6 is 0 Å². The van der Waals surface area contributed by atoms with E-state index in [0.717, 1.165) is 30.5 Å². The predicted octanol–water partition coefficient (Wildman–Crippen LogP) is 3.30. The maximum atomic E-state index is 13.2. The van der Waals surface area contributed by atoms with E-state index in [9.17, 15) is 9.59 Å². The van der Waals surface area contributed by atoms with E-state index in [-0.39, 0.29) is 23.3 Å². The molecule has 5 nitrogen and oxygen atoms in total. The number of methoxy groups -OCH3 is 1. The lowest BCUT2D eigenvalue weighted by atomic mass is 9.68. The highest BCUT2D eigenvalue weighted by atomic mass is 16.5. The first-order valence-corrected chi connectivity index (χ1v) is 9.73. The average Bonchev–Trinajstić information content (AvgIpc) is 3.30. The maximum Gasteiger partial charge on any atom is 0.230 e. The Kier molecular flexibility index (Phi) is 4.09. The van der Waals surface area contributed by atoms with Crippen LogP contribution in [0.15, 0.2) is 36.4 Å². The number of carbonyl (C=O) groups excluding carboxylic acids is 2. The zero-order chi connectivity index (χ0) is 19.4. The molecule has 0 radical (unpaired) electrons. The minimum atomic E-state index is -0.444. The first kappa shape index (κ1) is 18.1. The summed E-state index contributed by atoms with van der Waals surface area (Å²) in [4.78, 5) is 27.5. The van der Waals surface area contributed by atoms with Crippen LogP contribution in [0.1, 0.15) is 39.5 Å². The molecule has 1 aromatic carbocycles. The third kappa shape index (κ3) is 2.67. The molecule has 2 aliphatic carbocycles. The molecule has 1 heterocycles. The monoisotopic (exact) mass is 368 g/mol. The van der Waals surface area contributed by atoms with Crippen molar-refractivity contribution in [2.75, 3.05) is 18.6 Å². The number of carbonyl (C=O) groups is 2. The summed E-state index contributed by atoms with van der Waals surface area (Å²) in [5.74, 6) is 1.34. The molecule has 144 valence electrons. The minimum absolute atomic E-state index is 0.0215. The molecule has 2 saturated carbocycles. The number of hydrogen-bond acceptors (Lipinski definition) is 3. The number of amides is 2. The van der Waals surface area contributed by atoms with Gasteiger partial charge >= 0.3 is 0 Å². The van der Waals surface area contributed by atoms with Crippen molar-refractivity contribution in [1.82, 2.24) is 5.32 Å². The number of anilines is 1.